The molecule has 16 heteroatoms. The number of halogens is 2. The van der Waals surface area contributed by atoms with Crippen LogP contribution in [0.3, 0.4) is 0 Å². The minimum atomic E-state index is -0.308. The van der Waals surface area contributed by atoms with Gasteiger partial charge in [-0.15, -0.1) is 0 Å². The lowest BCUT2D eigenvalue weighted by Gasteiger charge is -2.11. The monoisotopic (exact) mass is 976 g/mol. The molecule has 0 saturated carbocycles. The zero-order valence-electron chi connectivity index (χ0n) is 36.7. The summed E-state index contributed by atoms with van der Waals surface area (Å²) in [5.74, 6) is 2.30. The van der Waals surface area contributed by atoms with E-state index in [2.05, 4.69) is 30.1 Å². The highest BCUT2D eigenvalue weighted by atomic mass is 35.5. The number of ketones is 2. The van der Waals surface area contributed by atoms with Crippen molar-refractivity contribution in [2.24, 2.45) is 0 Å². The van der Waals surface area contributed by atoms with Crippen LogP contribution in [0.15, 0.2) is 146 Å². The zero-order valence-corrected chi connectivity index (χ0v) is 38.2. The highest BCUT2D eigenvalue weighted by Gasteiger charge is 2.28. The van der Waals surface area contributed by atoms with Gasteiger partial charge in [-0.25, -0.2) is 9.97 Å². The van der Waals surface area contributed by atoms with Gasteiger partial charge in [-0.05, 0) is 71.8 Å². The molecule has 14 nitrogen and oxygen atoms in total. The van der Waals surface area contributed by atoms with Gasteiger partial charge in [0.2, 0.25) is 0 Å². The van der Waals surface area contributed by atoms with E-state index in [0.29, 0.717) is 51.1 Å². The first kappa shape index (κ1) is 49.7. The van der Waals surface area contributed by atoms with E-state index in [9.17, 15) is 14.7 Å². The van der Waals surface area contributed by atoms with Crippen molar-refractivity contribution in [2.45, 2.75) is 40.8 Å². The molecule has 6 aromatic carbocycles. The molecule has 0 aliphatic carbocycles. The lowest BCUT2D eigenvalue weighted by atomic mass is 10.1. The number of imidazole rings is 2. The van der Waals surface area contributed by atoms with Crippen molar-refractivity contribution < 1.29 is 28.9 Å². The highest BCUT2D eigenvalue weighted by Crippen LogP contribution is 2.36. The van der Waals surface area contributed by atoms with Gasteiger partial charge in [-0.3, -0.25) is 19.4 Å². The van der Waals surface area contributed by atoms with Crippen molar-refractivity contribution in [3.63, 3.8) is 0 Å². The number of aromatic hydroxyl groups is 1. The number of H-pyrrole nitrogens is 3. The van der Waals surface area contributed by atoms with Gasteiger partial charge in [-0.2, -0.15) is 10.2 Å². The van der Waals surface area contributed by atoms with Crippen LogP contribution in [-0.2, 0) is 26.0 Å². The fourth-order valence-electron chi connectivity index (χ4n) is 7.57. The molecule has 0 atom stereocenters. The molecule has 4 N–H and O–H groups in total. The fourth-order valence-corrected chi connectivity index (χ4v) is 7.92. The van der Waals surface area contributed by atoms with Crippen LogP contribution in [0.5, 0.6) is 23.0 Å². The van der Waals surface area contributed by atoms with Crippen molar-refractivity contribution in [2.75, 3.05) is 14.2 Å². The molecule has 0 saturated heterocycles. The Bertz CT molecular complexity index is 3370. The number of nitrogens with zero attached hydrogens (tertiary/aromatic N) is 5. The first-order valence-electron chi connectivity index (χ1n) is 21.3. The first-order chi connectivity index (χ1) is 33.1. The van der Waals surface area contributed by atoms with Gasteiger partial charge in [0.25, 0.3) is 0 Å². The number of Topliss-reactive ketones (excluding diaryl/α,β-unsaturated/α-hetero) is 2. The number of nitrogens with one attached hydrogen (secondary N) is 3. The lowest BCUT2D eigenvalue weighted by Crippen LogP contribution is -2.15. The maximum absolute atomic E-state index is 14.2. The van der Waals surface area contributed by atoms with E-state index in [4.69, 9.17) is 42.5 Å². The Morgan fingerprint density at radius 1 is 0.629 bits per heavy atom. The summed E-state index contributed by atoms with van der Waals surface area (Å²) in [6.45, 7) is 0.591. The van der Waals surface area contributed by atoms with Crippen LogP contribution in [0.1, 0.15) is 58.6 Å². The third kappa shape index (κ3) is 11.2. The smallest absolute Gasteiger partial charge is 0.192 e. The number of aromatic nitrogens is 8. The van der Waals surface area contributed by atoms with Gasteiger partial charge in [0.15, 0.2) is 23.1 Å². The summed E-state index contributed by atoms with van der Waals surface area (Å²) in [4.78, 5) is 42.0. The number of hydrogen-bond donors (Lipinski definition) is 4. The molecule has 0 aliphatic rings. The number of hydrogen-bond acceptors (Lipinski definition) is 10. The topological polar surface area (TPSA) is 186 Å². The quantitative estimate of drug-likeness (QED) is 0.0720. The van der Waals surface area contributed by atoms with Crippen molar-refractivity contribution in [3.05, 3.63) is 190 Å². The van der Waals surface area contributed by atoms with Crippen LogP contribution in [0, 0.1) is 0 Å². The molecule has 0 radical (unpaired) electrons. The van der Waals surface area contributed by atoms with E-state index in [0.717, 1.165) is 55.8 Å². The molecule has 0 bridgehead atoms. The molecule has 0 unspecified atom stereocenters. The molecule has 356 valence electrons. The number of fused-ring (bicyclic) bond motifs is 2. The number of carbonyl (C=O) groups excluding carboxylic acids is 2. The summed E-state index contributed by atoms with van der Waals surface area (Å²) >= 11 is 12.1. The predicted octanol–water partition coefficient (Wildman–Crippen LogP) is 12.2. The number of ether oxygens (including phenoxy) is 3. The Morgan fingerprint density at radius 2 is 1.13 bits per heavy atom. The van der Waals surface area contributed by atoms with Gasteiger partial charge in [0.05, 0.1) is 55.7 Å². The second-order valence-electron chi connectivity index (χ2n) is 15.6. The number of benzene rings is 6. The molecule has 0 aliphatic heterocycles. The van der Waals surface area contributed by atoms with Crippen LogP contribution in [0.2, 0.25) is 10.0 Å². The molecule has 10 aromatic rings. The summed E-state index contributed by atoms with van der Waals surface area (Å²) in [7, 11) is 3.26. The Morgan fingerprint density at radius 3 is 1.66 bits per heavy atom. The number of methoxy groups -OCH3 is 2. The van der Waals surface area contributed by atoms with Crippen molar-refractivity contribution in [3.8, 4) is 45.5 Å². The number of carbonyl (C=O) groups is 2. The third-order valence-electron chi connectivity index (χ3n) is 11.0. The summed E-state index contributed by atoms with van der Waals surface area (Å²) < 4.78 is 18.8. The molecule has 4 aromatic heterocycles. The van der Waals surface area contributed by atoms with Gasteiger partial charge in [0, 0.05) is 21.2 Å². The van der Waals surface area contributed by atoms with Crippen LogP contribution in [-0.4, -0.2) is 70.8 Å². The maximum atomic E-state index is 14.2. The Balaban J connectivity index is 0.000000228. The van der Waals surface area contributed by atoms with Crippen LogP contribution >= 0.6 is 23.2 Å². The second kappa shape index (κ2) is 22.3. The SMILES string of the molecule is C.C.COc1ccc(COc2c(-c3ccccc3)nn(Cc3ccc(OC)cc3)c2C(=O)Cc2nc3ccc(Cl)cc3[nH]2)cc1.O=C(Cc1nc2ccc(Cl)cc2[nH]1)c1[nH]nc(-c2ccccc2)c1O. The minimum Gasteiger partial charge on any atom is -0.504 e. The minimum absolute atomic E-state index is 0. The Labute approximate surface area is 414 Å². The van der Waals surface area contributed by atoms with Crippen molar-refractivity contribution in [1.29, 1.82) is 0 Å². The zero-order chi connectivity index (χ0) is 47.1. The van der Waals surface area contributed by atoms with E-state index < -0.39 is 0 Å². The second-order valence-corrected chi connectivity index (χ2v) is 16.5. The van der Waals surface area contributed by atoms with Crippen LogP contribution < -0.4 is 14.2 Å². The van der Waals surface area contributed by atoms with Gasteiger partial charge in [0.1, 0.15) is 52.5 Å². The van der Waals surface area contributed by atoms with Crippen LogP contribution in [0.25, 0.3) is 44.6 Å². The molecule has 0 amide bonds. The molecular weight excluding hydrogens is 928 g/mol. The maximum Gasteiger partial charge on any atom is 0.192 e. The van der Waals surface area contributed by atoms with E-state index >= 15 is 0 Å². The largest absolute Gasteiger partial charge is 0.504 e. The molecule has 0 fully saturated rings. The van der Waals surface area contributed by atoms with E-state index in [1.807, 2.05) is 115 Å². The predicted molar refractivity (Wildman–Crippen MR) is 275 cm³/mol. The Hall–Kier alpha value is -8.20. The third-order valence-corrected chi connectivity index (χ3v) is 11.4. The summed E-state index contributed by atoms with van der Waals surface area (Å²) in [5.41, 5.74) is 7.80. The van der Waals surface area contributed by atoms with Crippen molar-refractivity contribution >= 4 is 56.8 Å². The van der Waals surface area contributed by atoms with Crippen molar-refractivity contribution in [1.82, 2.24) is 39.9 Å². The van der Waals surface area contributed by atoms with Crippen LogP contribution in [0.4, 0.5) is 0 Å². The average Bonchev–Trinajstić information content (AvgIpc) is 4.15. The summed E-state index contributed by atoms with van der Waals surface area (Å²) in [6.07, 6.45) is 0.0318. The normalized spacial score (nSPS) is 10.7. The van der Waals surface area contributed by atoms with Gasteiger partial charge >= 0.3 is 0 Å². The summed E-state index contributed by atoms with van der Waals surface area (Å²) in [5, 5.41) is 23.2. The van der Waals surface area contributed by atoms with Gasteiger partial charge in [-0.1, -0.05) is 123 Å². The van der Waals surface area contributed by atoms with E-state index in [1.54, 1.807) is 49.2 Å². The first-order valence-corrected chi connectivity index (χ1v) is 22.1. The lowest BCUT2D eigenvalue weighted by molar-refractivity contribution is 0.0970. The highest BCUT2D eigenvalue weighted by molar-refractivity contribution is 6.31. The molecular formula is C54H50Cl2N8O6. The molecule has 0 spiro atoms. The fraction of sp³-hybridized carbons (Fsp3) is 0.148. The van der Waals surface area contributed by atoms with E-state index in [-0.39, 0.29) is 57.3 Å². The Kier molecular flexibility index (Phi) is 15.8. The molecule has 10 rings (SSSR count). The molecule has 4 heterocycles. The van der Waals surface area contributed by atoms with E-state index in [1.165, 1.54) is 0 Å². The number of aromatic amines is 3. The molecule has 70 heavy (non-hydrogen) atoms. The van der Waals surface area contributed by atoms with Gasteiger partial charge < -0.3 is 29.3 Å². The summed E-state index contributed by atoms with van der Waals surface area (Å²) in [6, 6.07) is 44.9. The number of rotatable bonds is 15. The average molecular weight is 978 g/mol. The standard InChI is InChI=1S/C34H29ClN4O4.C18H13ClN4O2.2CH4/c1-41-26-13-8-22(9-14-26)20-39-33(30(40)19-31-36-28-17-12-25(35)18-29(28)37-31)34(32(38-39)24-6-4-3-5-7-24)43-21-23-10-15-27(42-2)16-11-23;19-11-6-7-12-13(8-11)21-15(20-12)9-14(24)17-18(25)16(22-23-17)10-4-2-1-3-5-10;;/h3-18H,19-21H2,1-2H3,(H,36,37);1-8,25H,9H2,(H,20,21)(H,22,23);2*1H4.